The van der Waals surface area contributed by atoms with E-state index < -0.39 is 0 Å². The molecule has 1 fully saturated rings. The van der Waals surface area contributed by atoms with E-state index in [0.717, 1.165) is 36.6 Å². The molecule has 2 aromatic rings. The van der Waals surface area contributed by atoms with Crippen LogP contribution in [-0.4, -0.2) is 37.3 Å². The number of nitrogens with zero attached hydrogens (tertiary/aromatic N) is 1. The predicted octanol–water partition coefficient (Wildman–Crippen LogP) is 2.95. The first-order valence-corrected chi connectivity index (χ1v) is 8.58. The molecule has 4 rings (SSSR count). The molecular weight excluding hydrogens is 318 g/mol. The Hall–Kier alpha value is -2.53. The lowest BCUT2D eigenvalue weighted by atomic mass is 9.98. The average Bonchev–Trinajstić information content (AvgIpc) is 3.31. The fourth-order valence-electron chi connectivity index (χ4n) is 3.35. The molecular formula is C20H21NO4. The number of hydrogen-bond acceptors (Lipinski definition) is 4. The molecule has 2 heterocycles. The smallest absolute Gasteiger partial charge is 0.248 e. The van der Waals surface area contributed by atoms with Gasteiger partial charge in [-0.05, 0) is 29.7 Å². The highest BCUT2D eigenvalue weighted by Crippen LogP contribution is 2.37. The van der Waals surface area contributed by atoms with Crippen LogP contribution in [0.4, 0.5) is 0 Å². The van der Waals surface area contributed by atoms with Crippen LogP contribution in [-0.2, 0) is 16.1 Å². The highest BCUT2D eigenvalue weighted by atomic mass is 16.7. The first-order chi connectivity index (χ1) is 12.3. The Labute approximate surface area is 147 Å². The van der Waals surface area contributed by atoms with Crippen molar-refractivity contribution in [3.05, 3.63) is 59.7 Å². The Bertz CT molecular complexity index is 747. The third-order valence-corrected chi connectivity index (χ3v) is 4.75. The number of likely N-dealkylation sites (tertiary alicyclic amines) is 1. The monoisotopic (exact) mass is 339 g/mol. The maximum atomic E-state index is 12.4. The molecule has 5 nitrogen and oxygen atoms in total. The summed E-state index contributed by atoms with van der Waals surface area (Å²) in [6.45, 7) is 2.38. The highest BCUT2D eigenvalue weighted by molar-refractivity contribution is 5.77. The van der Waals surface area contributed by atoms with E-state index in [-0.39, 0.29) is 19.3 Å². The molecule has 2 aliphatic heterocycles. The molecule has 2 aromatic carbocycles. The molecule has 0 aliphatic carbocycles. The van der Waals surface area contributed by atoms with Crippen molar-refractivity contribution in [1.29, 1.82) is 0 Å². The molecule has 0 spiro atoms. The summed E-state index contributed by atoms with van der Waals surface area (Å²) < 4.78 is 16.4. The second-order valence-electron chi connectivity index (χ2n) is 6.42. The van der Waals surface area contributed by atoms with Crippen LogP contribution >= 0.6 is 0 Å². The Morgan fingerprint density at radius 1 is 1.12 bits per heavy atom. The zero-order valence-corrected chi connectivity index (χ0v) is 14.0. The molecule has 2 aliphatic rings. The first-order valence-electron chi connectivity index (χ1n) is 8.58. The van der Waals surface area contributed by atoms with Gasteiger partial charge in [0.15, 0.2) is 11.5 Å². The summed E-state index contributed by atoms with van der Waals surface area (Å²) in [7, 11) is 0. The second-order valence-corrected chi connectivity index (χ2v) is 6.42. The highest BCUT2D eigenvalue weighted by Gasteiger charge is 2.28. The quantitative estimate of drug-likeness (QED) is 0.840. The minimum Gasteiger partial charge on any atom is -0.454 e. The van der Waals surface area contributed by atoms with Crippen LogP contribution in [0, 0.1) is 0 Å². The lowest BCUT2D eigenvalue weighted by Gasteiger charge is -2.17. The van der Waals surface area contributed by atoms with Gasteiger partial charge in [-0.3, -0.25) is 4.79 Å². The minimum atomic E-state index is 0.0548. The molecule has 130 valence electrons. The number of rotatable bonds is 5. The average molecular weight is 339 g/mol. The Morgan fingerprint density at radius 3 is 2.84 bits per heavy atom. The largest absolute Gasteiger partial charge is 0.454 e. The van der Waals surface area contributed by atoms with E-state index >= 15 is 0 Å². The van der Waals surface area contributed by atoms with Crippen molar-refractivity contribution in [1.82, 2.24) is 4.90 Å². The van der Waals surface area contributed by atoms with Gasteiger partial charge in [-0.15, -0.1) is 0 Å². The molecule has 0 radical (unpaired) electrons. The lowest BCUT2D eigenvalue weighted by molar-refractivity contribution is -0.135. The summed E-state index contributed by atoms with van der Waals surface area (Å²) in [6.07, 6.45) is 0.962. The summed E-state index contributed by atoms with van der Waals surface area (Å²) in [5.41, 5.74) is 2.28. The van der Waals surface area contributed by atoms with Gasteiger partial charge >= 0.3 is 0 Å². The van der Waals surface area contributed by atoms with Gasteiger partial charge in [0, 0.05) is 19.0 Å². The van der Waals surface area contributed by atoms with Crippen LogP contribution in [0.5, 0.6) is 11.5 Å². The number of carbonyl (C=O) groups is 1. The summed E-state index contributed by atoms with van der Waals surface area (Å²) in [4.78, 5) is 14.2. The van der Waals surface area contributed by atoms with Crippen molar-refractivity contribution >= 4 is 5.91 Å². The summed E-state index contributed by atoms with van der Waals surface area (Å²) in [6, 6.07) is 15.9. The van der Waals surface area contributed by atoms with Crippen LogP contribution in [0.2, 0.25) is 0 Å². The third kappa shape index (κ3) is 3.61. The second kappa shape index (κ2) is 7.15. The van der Waals surface area contributed by atoms with Gasteiger partial charge in [0.25, 0.3) is 0 Å². The SMILES string of the molecule is O=C(COCc1ccccc1)N1CCC(c2ccc3c(c2)OCO3)C1. The van der Waals surface area contributed by atoms with Crippen molar-refractivity contribution in [3.8, 4) is 11.5 Å². The Morgan fingerprint density at radius 2 is 1.96 bits per heavy atom. The van der Waals surface area contributed by atoms with Crippen LogP contribution < -0.4 is 9.47 Å². The number of benzene rings is 2. The molecule has 5 heteroatoms. The van der Waals surface area contributed by atoms with Crippen molar-refractivity contribution in [2.75, 3.05) is 26.5 Å². The molecule has 0 saturated carbocycles. The van der Waals surface area contributed by atoms with Gasteiger partial charge in [-0.1, -0.05) is 36.4 Å². The van der Waals surface area contributed by atoms with Gasteiger partial charge in [0.1, 0.15) is 6.61 Å². The van der Waals surface area contributed by atoms with Crippen LogP contribution in [0.3, 0.4) is 0 Å². The number of ether oxygens (including phenoxy) is 3. The molecule has 1 unspecified atom stereocenters. The van der Waals surface area contributed by atoms with E-state index in [1.807, 2.05) is 47.4 Å². The van der Waals surface area contributed by atoms with Gasteiger partial charge in [-0.25, -0.2) is 0 Å². The summed E-state index contributed by atoms with van der Waals surface area (Å²) in [5, 5.41) is 0. The number of amides is 1. The van der Waals surface area contributed by atoms with Gasteiger partial charge < -0.3 is 19.1 Å². The van der Waals surface area contributed by atoms with Crippen molar-refractivity contribution in [2.45, 2.75) is 18.9 Å². The van der Waals surface area contributed by atoms with Crippen LogP contribution in [0.25, 0.3) is 0 Å². The van der Waals surface area contributed by atoms with Crippen molar-refractivity contribution in [2.24, 2.45) is 0 Å². The van der Waals surface area contributed by atoms with Crippen molar-refractivity contribution in [3.63, 3.8) is 0 Å². The van der Waals surface area contributed by atoms with Crippen LogP contribution in [0.1, 0.15) is 23.5 Å². The van der Waals surface area contributed by atoms with E-state index in [1.54, 1.807) is 0 Å². The normalized spacial score (nSPS) is 18.6. The summed E-state index contributed by atoms with van der Waals surface area (Å²) >= 11 is 0. The topological polar surface area (TPSA) is 48.0 Å². The number of fused-ring (bicyclic) bond motifs is 1. The molecule has 1 atom stereocenters. The van der Waals surface area contributed by atoms with E-state index in [9.17, 15) is 4.79 Å². The Balaban J connectivity index is 1.29. The third-order valence-electron chi connectivity index (χ3n) is 4.75. The van der Waals surface area contributed by atoms with Gasteiger partial charge in [0.2, 0.25) is 12.7 Å². The summed E-state index contributed by atoms with van der Waals surface area (Å²) in [5.74, 6) is 1.99. The molecule has 1 amide bonds. The maximum Gasteiger partial charge on any atom is 0.248 e. The maximum absolute atomic E-state index is 12.4. The molecule has 0 N–H and O–H groups in total. The molecule has 0 bridgehead atoms. The van der Waals surface area contributed by atoms with E-state index in [4.69, 9.17) is 14.2 Å². The number of carbonyl (C=O) groups excluding carboxylic acids is 1. The first kappa shape index (κ1) is 16.0. The van der Waals surface area contributed by atoms with E-state index in [2.05, 4.69) is 6.07 Å². The molecule has 0 aromatic heterocycles. The minimum absolute atomic E-state index is 0.0548. The fourth-order valence-corrected chi connectivity index (χ4v) is 3.35. The molecule has 25 heavy (non-hydrogen) atoms. The standard InChI is InChI=1S/C20H21NO4/c22-20(13-23-12-15-4-2-1-3-5-15)21-9-8-17(11-21)16-6-7-18-19(10-16)25-14-24-18/h1-7,10,17H,8-9,11-14H2. The zero-order chi connectivity index (χ0) is 17.1. The molecule has 1 saturated heterocycles. The van der Waals surface area contributed by atoms with Gasteiger partial charge in [-0.2, -0.15) is 0 Å². The predicted molar refractivity (Wildman–Crippen MR) is 92.6 cm³/mol. The van der Waals surface area contributed by atoms with E-state index in [1.165, 1.54) is 5.56 Å². The van der Waals surface area contributed by atoms with Gasteiger partial charge in [0.05, 0.1) is 6.61 Å². The fraction of sp³-hybridized carbons (Fsp3) is 0.350. The van der Waals surface area contributed by atoms with Crippen molar-refractivity contribution < 1.29 is 19.0 Å². The van der Waals surface area contributed by atoms with E-state index in [0.29, 0.717) is 12.5 Å². The zero-order valence-electron chi connectivity index (χ0n) is 14.0. The Kier molecular flexibility index (Phi) is 4.57. The van der Waals surface area contributed by atoms with Crippen LogP contribution in [0.15, 0.2) is 48.5 Å². The lowest BCUT2D eigenvalue weighted by Crippen LogP contribution is -2.31. The number of hydrogen-bond donors (Lipinski definition) is 0.